The number of nitrogens with zero attached hydrogens (tertiary/aromatic N) is 3. The van der Waals surface area contributed by atoms with Gasteiger partial charge in [0, 0.05) is 18.8 Å². The summed E-state index contributed by atoms with van der Waals surface area (Å²) in [6, 6.07) is 17.8. The van der Waals surface area contributed by atoms with Crippen LogP contribution in [0, 0.1) is 22.6 Å². The number of fused-ring (bicyclic) bond motifs is 10. The third-order valence-electron chi connectivity index (χ3n) is 15.8. The van der Waals surface area contributed by atoms with Crippen LogP contribution in [0.5, 0.6) is 0 Å². The standard InChI is InChI=1S/C48H58FN7O8/c1-26-23-33(47-29-13-9-11-27(24-29)45(47,38(50)59)19-21-54(47)34(42(2,3)4)36(57)63-40(52)61)56(32-17-15-31(49)16-18-32)44(26,8)48-30-14-10-12-28(25-30)46(48,39(51)60)20-22-55(48)35(43(5,6)7)37(58)64-41(53)62/h9-18,24-26,33-35H,19-23H2,1-8H3,(H2,50,59)(H2,51,60)(H2,52,61)(H2,53,62)/t26?,33?,34?,35?,44-,45?,46?,47-,48-/m1/s1. The highest BCUT2D eigenvalue weighted by molar-refractivity contribution is 5.95. The molecule has 8 rings (SSSR count). The molecule has 9 atom stereocenters. The van der Waals surface area contributed by atoms with Crippen molar-refractivity contribution in [1.29, 1.82) is 0 Å². The maximum absolute atomic E-state index is 15.3. The minimum Gasteiger partial charge on any atom is -0.375 e. The van der Waals surface area contributed by atoms with Crippen LogP contribution in [0.3, 0.4) is 0 Å². The number of halogens is 1. The van der Waals surface area contributed by atoms with Crippen molar-refractivity contribution < 1.29 is 42.6 Å². The maximum Gasteiger partial charge on any atom is 0.412 e. The van der Waals surface area contributed by atoms with Gasteiger partial charge in [0.05, 0.1) is 33.5 Å². The summed E-state index contributed by atoms with van der Waals surface area (Å²) < 4.78 is 25.7. The van der Waals surface area contributed by atoms with Gasteiger partial charge in [0.2, 0.25) is 11.8 Å². The summed E-state index contributed by atoms with van der Waals surface area (Å²) in [4.78, 5) is 89.5. The van der Waals surface area contributed by atoms with E-state index in [2.05, 4.69) is 4.90 Å². The summed E-state index contributed by atoms with van der Waals surface area (Å²) >= 11 is 0. The fourth-order valence-corrected chi connectivity index (χ4v) is 14.0. The van der Waals surface area contributed by atoms with Gasteiger partial charge >= 0.3 is 24.1 Å². The number of benzene rings is 3. The van der Waals surface area contributed by atoms with Gasteiger partial charge in [-0.25, -0.2) is 23.6 Å². The van der Waals surface area contributed by atoms with Crippen LogP contribution >= 0.6 is 0 Å². The molecule has 0 saturated carbocycles. The molecule has 3 heterocycles. The van der Waals surface area contributed by atoms with E-state index in [9.17, 15) is 28.8 Å². The molecule has 64 heavy (non-hydrogen) atoms. The van der Waals surface area contributed by atoms with Crippen LogP contribution < -0.4 is 27.8 Å². The van der Waals surface area contributed by atoms with E-state index in [0.717, 1.165) is 0 Å². The zero-order valence-electron chi connectivity index (χ0n) is 37.6. The number of ether oxygens (including phenoxy) is 2. The summed E-state index contributed by atoms with van der Waals surface area (Å²) in [5.41, 5.74) is 18.3. The van der Waals surface area contributed by atoms with E-state index in [0.29, 0.717) is 27.9 Å². The van der Waals surface area contributed by atoms with Gasteiger partial charge in [0.1, 0.15) is 17.9 Å². The largest absolute Gasteiger partial charge is 0.412 e. The van der Waals surface area contributed by atoms with Gasteiger partial charge in [-0.1, -0.05) is 97.0 Å². The Balaban J connectivity index is 1.51. The lowest BCUT2D eigenvalue weighted by molar-refractivity contribution is -0.157. The first kappa shape index (κ1) is 44.7. The fraction of sp³-hybridized carbons (Fsp3) is 0.500. The summed E-state index contributed by atoms with van der Waals surface area (Å²) in [6.45, 7) is 15.4. The number of esters is 2. The first-order chi connectivity index (χ1) is 29.8. The third-order valence-corrected chi connectivity index (χ3v) is 15.8. The lowest BCUT2D eigenvalue weighted by Gasteiger charge is -2.63. The minimum atomic E-state index is -1.55. The van der Waals surface area contributed by atoms with E-state index in [4.69, 9.17) is 32.4 Å². The average Bonchev–Trinajstić information content (AvgIpc) is 3.90. The number of carbonyl (C=O) groups excluding carboxylic acids is 6. The van der Waals surface area contributed by atoms with Gasteiger partial charge in [-0.3, -0.25) is 19.4 Å². The molecule has 3 aromatic carbocycles. The Hall–Kier alpha value is -5.87. The minimum absolute atomic E-state index is 0.139. The molecule has 16 heteroatoms. The highest BCUT2D eigenvalue weighted by Crippen LogP contribution is 2.72. The molecule has 3 fully saturated rings. The second kappa shape index (κ2) is 14.3. The van der Waals surface area contributed by atoms with Crippen LogP contribution in [0.25, 0.3) is 0 Å². The number of hydrogen-bond acceptors (Lipinski definition) is 11. The molecule has 4 amide bonds. The van der Waals surface area contributed by atoms with Crippen molar-refractivity contribution in [2.45, 2.75) is 120 Å². The number of carbonyl (C=O) groups is 6. The quantitative estimate of drug-likeness (QED) is 0.172. The van der Waals surface area contributed by atoms with Crippen LogP contribution in [-0.4, -0.2) is 82.5 Å². The van der Waals surface area contributed by atoms with Crippen molar-refractivity contribution >= 4 is 41.6 Å². The molecule has 0 radical (unpaired) electrons. The van der Waals surface area contributed by atoms with E-state index in [1.54, 1.807) is 12.1 Å². The van der Waals surface area contributed by atoms with E-state index in [1.807, 2.05) is 114 Å². The molecule has 6 unspecified atom stereocenters. The van der Waals surface area contributed by atoms with Crippen LogP contribution in [0.15, 0.2) is 72.8 Å². The topological polar surface area (TPSA) is 235 Å². The number of nitrogens with two attached hydrogens (primary N) is 4. The lowest BCUT2D eigenvalue weighted by Crippen LogP contribution is -2.77. The number of hydrogen-bond donors (Lipinski definition) is 4. The van der Waals surface area contributed by atoms with Crippen LogP contribution in [0.2, 0.25) is 0 Å². The molecule has 4 bridgehead atoms. The second-order valence-corrected chi connectivity index (χ2v) is 20.7. The number of amides is 4. The number of rotatable bonds is 9. The molecular weight excluding hydrogens is 822 g/mol. The Labute approximate surface area is 371 Å². The molecule has 3 saturated heterocycles. The van der Waals surface area contributed by atoms with Crippen LogP contribution in [-0.2, 0) is 50.6 Å². The fourth-order valence-electron chi connectivity index (χ4n) is 14.0. The molecule has 5 aliphatic rings. The van der Waals surface area contributed by atoms with Crippen LogP contribution in [0.1, 0.15) is 96.9 Å². The molecule has 340 valence electrons. The monoisotopic (exact) mass is 879 g/mol. The molecule has 3 aromatic rings. The number of primary amides is 4. The summed E-state index contributed by atoms with van der Waals surface area (Å²) in [5, 5.41) is 0. The van der Waals surface area contributed by atoms with Crippen molar-refractivity contribution in [2.24, 2.45) is 39.7 Å². The van der Waals surface area contributed by atoms with Crippen molar-refractivity contribution in [3.63, 3.8) is 0 Å². The van der Waals surface area contributed by atoms with E-state index in [1.165, 1.54) is 12.1 Å². The van der Waals surface area contributed by atoms with Crippen molar-refractivity contribution in [3.05, 3.63) is 101 Å². The van der Waals surface area contributed by atoms with Crippen molar-refractivity contribution in [1.82, 2.24) is 9.80 Å². The van der Waals surface area contributed by atoms with Gasteiger partial charge in [-0.2, -0.15) is 0 Å². The van der Waals surface area contributed by atoms with Crippen molar-refractivity contribution in [2.75, 3.05) is 18.0 Å². The second-order valence-electron chi connectivity index (χ2n) is 20.7. The highest BCUT2D eigenvalue weighted by atomic mass is 19.1. The Morgan fingerprint density at radius 1 is 0.672 bits per heavy atom. The van der Waals surface area contributed by atoms with Gasteiger partial charge in [-0.05, 0) is 89.5 Å². The predicted molar refractivity (Wildman–Crippen MR) is 233 cm³/mol. The average molecular weight is 880 g/mol. The Bertz CT molecular complexity index is 2500. The lowest BCUT2D eigenvalue weighted by atomic mass is 9.55. The van der Waals surface area contributed by atoms with Crippen molar-refractivity contribution in [3.8, 4) is 0 Å². The molecular formula is C48H58FN7O8. The first-order valence-electron chi connectivity index (χ1n) is 21.7. The normalized spacial score (nSPS) is 31.5. The van der Waals surface area contributed by atoms with Crippen LogP contribution in [0.4, 0.5) is 19.7 Å². The van der Waals surface area contributed by atoms with Gasteiger partial charge in [-0.15, -0.1) is 0 Å². The zero-order valence-corrected chi connectivity index (χ0v) is 37.6. The SMILES string of the molecule is CC1CC([C@]23c4cccc(c4)C2(C(N)=O)CCN3C(C(=O)OC(N)=O)C(C)(C)C)N(c2ccc(F)cc2)[C@@]1(C)[C@]12c3cccc(c3)C1(C(N)=O)CCN2C(C(=O)OC(N)=O)C(C)(C)C. The van der Waals surface area contributed by atoms with Gasteiger partial charge in [0.15, 0.2) is 0 Å². The summed E-state index contributed by atoms with van der Waals surface area (Å²) in [5.74, 6) is -4.13. The molecule has 3 aliphatic heterocycles. The Kier molecular flexibility index (Phi) is 10.0. The Morgan fingerprint density at radius 2 is 1.12 bits per heavy atom. The maximum atomic E-state index is 15.3. The number of likely N-dealkylation sites (tertiary alicyclic amines) is 2. The zero-order chi connectivity index (χ0) is 46.9. The molecule has 15 nitrogen and oxygen atoms in total. The third kappa shape index (κ3) is 5.44. The predicted octanol–water partition coefficient (Wildman–Crippen LogP) is 4.55. The van der Waals surface area contributed by atoms with Gasteiger partial charge in [0.25, 0.3) is 0 Å². The highest BCUT2D eigenvalue weighted by Gasteiger charge is 2.82. The number of anilines is 1. The molecule has 0 spiro atoms. The summed E-state index contributed by atoms with van der Waals surface area (Å²) in [7, 11) is 0. The molecule has 0 aromatic heterocycles. The summed E-state index contributed by atoms with van der Waals surface area (Å²) in [6.07, 6.45) is -1.98. The van der Waals surface area contributed by atoms with E-state index in [-0.39, 0.29) is 32.4 Å². The molecule has 8 N–H and O–H groups in total. The van der Waals surface area contributed by atoms with Gasteiger partial charge < -0.3 is 37.3 Å². The smallest absolute Gasteiger partial charge is 0.375 e. The molecule has 2 aliphatic carbocycles. The first-order valence-corrected chi connectivity index (χ1v) is 21.7. The Morgan fingerprint density at radius 3 is 1.64 bits per heavy atom. The van der Waals surface area contributed by atoms with E-state index >= 15 is 4.39 Å². The van der Waals surface area contributed by atoms with E-state index < -0.39 is 104 Å².